The summed E-state index contributed by atoms with van der Waals surface area (Å²) < 4.78 is 5.75. The fraction of sp³-hybridized carbons (Fsp3) is 0.444. The molecule has 0 spiro atoms. The second-order valence-electron chi connectivity index (χ2n) is 6.75. The van der Waals surface area contributed by atoms with Crippen molar-refractivity contribution in [2.75, 3.05) is 32.8 Å². The predicted molar refractivity (Wildman–Crippen MR) is 92.9 cm³/mol. The molecule has 2 aliphatic rings. The summed E-state index contributed by atoms with van der Waals surface area (Å²) in [6.45, 7) is 5.19. The number of fused-ring (bicyclic) bond motifs is 1. The van der Waals surface area contributed by atoms with E-state index < -0.39 is 0 Å². The minimum atomic E-state index is -0.0557. The van der Waals surface area contributed by atoms with Crippen LogP contribution in [0.25, 0.3) is 0 Å². The van der Waals surface area contributed by atoms with Crippen molar-refractivity contribution in [3.8, 4) is 0 Å². The third-order valence-electron chi connectivity index (χ3n) is 5.08. The number of carbonyl (C=O) groups excluding carboxylic acids is 1. The summed E-state index contributed by atoms with van der Waals surface area (Å²) >= 11 is 1.80. The lowest BCUT2D eigenvalue weighted by atomic mass is 9.81. The molecule has 2 fully saturated rings. The first kappa shape index (κ1) is 15.7. The van der Waals surface area contributed by atoms with Gasteiger partial charge in [-0.05, 0) is 23.6 Å². The normalized spacial score (nSPS) is 26.4. The zero-order valence-electron chi connectivity index (χ0n) is 13.5. The Morgan fingerprint density at radius 2 is 2.42 bits per heavy atom. The van der Waals surface area contributed by atoms with Crippen LogP contribution in [-0.4, -0.2) is 48.6 Å². The van der Waals surface area contributed by atoms with Gasteiger partial charge in [0.2, 0.25) is 0 Å². The number of thiophene rings is 1. The van der Waals surface area contributed by atoms with Gasteiger partial charge in [-0.15, -0.1) is 11.3 Å². The molecule has 4 heterocycles. The van der Waals surface area contributed by atoms with E-state index in [0.29, 0.717) is 18.0 Å². The highest BCUT2D eigenvalue weighted by Crippen LogP contribution is 2.41. The zero-order chi connectivity index (χ0) is 16.4. The van der Waals surface area contributed by atoms with Gasteiger partial charge in [0.15, 0.2) is 0 Å². The number of likely N-dealkylation sites (tertiary alicyclic amines) is 1. The topological polar surface area (TPSA) is 54.5 Å². The molecule has 0 bridgehead atoms. The molecule has 0 unspecified atom stereocenters. The maximum Gasteiger partial charge on any atom is 0.252 e. The molecular formula is C18H21N3O2S. The molecule has 4 rings (SSSR count). The Morgan fingerprint density at radius 3 is 3.21 bits per heavy atom. The second kappa shape index (κ2) is 6.63. The maximum absolute atomic E-state index is 12.3. The summed E-state index contributed by atoms with van der Waals surface area (Å²) in [5.41, 5.74) is 0.646. The summed E-state index contributed by atoms with van der Waals surface area (Å²) in [4.78, 5) is 20.2. The van der Waals surface area contributed by atoms with Crippen molar-refractivity contribution >= 4 is 17.2 Å². The van der Waals surface area contributed by atoms with Crippen molar-refractivity contribution < 1.29 is 9.53 Å². The summed E-state index contributed by atoms with van der Waals surface area (Å²) in [6.07, 6.45) is 3.28. The second-order valence-corrected chi connectivity index (χ2v) is 7.78. The van der Waals surface area contributed by atoms with Crippen LogP contribution in [0.3, 0.4) is 0 Å². The Balaban J connectivity index is 1.40. The van der Waals surface area contributed by atoms with Crippen molar-refractivity contribution in [2.24, 2.45) is 11.3 Å². The first-order chi connectivity index (χ1) is 11.8. The predicted octanol–water partition coefficient (Wildman–Crippen LogP) is 2.02. The van der Waals surface area contributed by atoms with E-state index in [2.05, 4.69) is 32.7 Å². The minimum absolute atomic E-state index is 0.0368. The van der Waals surface area contributed by atoms with Crippen molar-refractivity contribution in [3.63, 3.8) is 0 Å². The van der Waals surface area contributed by atoms with Gasteiger partial charge in [-0.2, -0.15) is 0 Å². The molecule has 0 radical (unpaired) electrons. The van der Waals surface area contributed by atoms with Crippen molar-refractivity contribution in [1.82, 2.24) is 15.2 Å². The van der Waals surface area contributed by atoms with Crippen LogP contribution in [0.15, 0.2) is 42.0 Å². The van der Waals surface area contributed by atoms with Crippen LogP contribution in [-0.2, 0) is 11.3 Å². The van der Waals surface area contributed by atoms with E-state index in [0.717, 1.165) is 32.8 Å². The SMILES string of the molecule is O=C(NC[C@@]12COC[C@@H]1CN(Cc1cccs1)C2)c1cccnc1. The molecule has 0 saturated carbocycles. The van der Waals surface area contributed by atoms with Gasteiger partial charge in [-0.3, -0.25) is 14.7 Å². The largest absolute Gasteiger partial charge is 0.380 e. The van der Waals surface area contributed by atoms with Crippen LogP contribution in [0.1, 0.15) is 15.2 Å². The molecule has 2 atom stereocenters. The highest BCUT2D eigenvalue weighted by Gasteiger charge is 2.50. The molecule has 6 heteroatoms. The van der Waals surface area contributed by atoms with Crippen molar-refractivity contribution in [1.29, 1.82) is 0 Å². The lowest BCUT2D eigenvalue weighted by molar-refractivity contribution is 0.0904. The third-order valence-corrected chi connectivity index (χ3v) is 5.94. The Kier molecular flexibility index (Phi) is 4.35. The lowest BCUT2D eigenvalue weighted by Crippen LogP contribution is -2.43. The van der Waals surface area contributed by atoms with E-state index in [1.54, 1.807) is 35.9 Å². The molecule has 2 aliphatic heterocycles. The highest BCUT2D eigenvalue weighted by molar-refractivity contribution is 7.09. The van der Waals surface area contributed by atoms with Gasteiger partial charge in [0, 0.05) is 54.8 Å². The highest BCUT2D eigenvalue weighted by atomic mass is 32.1. The molecule has 0 aromatic carbocycles. The number of hydrogen-bond acceptors (Lipinski definition) is 5. The summed E-state index contributed by atoms with van der Waals surface area (Å²) in [7, 11) is 0. The average molecular weight is 343 g/mol. The number of nitrogens with one attached hydrogen (secondary N) is 1. The van der Waals surface area contributed by atoms with E-state index in [4.69, 9.17) is 4.74 Å². The van der Waals surface area contributed by atoms with E-state index in [1.165, 1.54) is 4.88 Å². The van der Waals surface area contributed by atoms with Gasteiger partial charge in [0.1, 0.15) is 0 Å². The third kappa shape index (κ3) is 3.09. The average Bonchev–Trinajstić information content (AvgIpc) is 3.30. The van der Waals surface area contributed by atoms with Gasteiger partial charge in [-0.25, -0.2) is 0 Å². The van der Waals surface area contributed by atoms with Crippen LogP contribution in [0.4, 0.5) is 0 Å². The molecule has 2 aromatic rings. The Bertz CT molecular complexity index is 692. The van der Waals surface area contributed by atoms with Gasteiger partial charge < -0.3 is 10.1 Å². The number of rotatable bonds is 5. The van der Waals surface area contributed by atoms with Gasteiger partial charge in [-0.1, -0.05) is 6.07 Å². The molecule has 0 aliphatic carbocycles. The van der Waals surface area contributed by atoms with Crippen LogP contribution >= 0.6 is 11.3 Å². The Morgan fingerprint density at radius 1 is 1.46 bits per heavy atom. The minimum Gasteiger partial charge on any atom is -0.380 e. The van der Waals surface area contributed by atoms with Gasteiger partial charge in [0.05, 0.1) is 18.8 Å². The molecular weight excluding hydrogens is 322 g/mol. The number of ether oxygens (including phenoxy) is 1. The smallest absolute Gasteiger partial charge is 0.252 e. The summed E-state index contributed by atoms with van der Waals surface area (Å²) in [5, 5.41) is 5.22. The van der Waals surface area contributed by atoms with E-state index in [1.807, 2.05) is 0 Å². The van der Waals surface area contributed by atoms with E-state index in [-0.39, 0.29) is 11.3 Å². The number of pyridine rings is 1. The standard InChI is InChI=1S/C18H21N3O2S/c22-17(14-3-1-5-19-7-14)20-11-18-12-21(8-15(18)10-23-13-18)9-16-4-2-6-24-16/h1-7,15H,8-13H2,(H,20,22)/t15-,18+/m0/s1. The van der Waals surface area contributed by atoms with Gasteiger partial charge in [0.25, 0.3) is 5.91 Å². The maximum atomic E-state index is 12.3. The van der Waals surface area contributed by atoms with Crippen LogP contribution in [0.2, 0.25) is 0 Å². The first-order valence-electron chi connectivity index (χ1n) is 8.26. The number of aromatic nitrogens is 1. The van der Waals surface area contributed by atoms with Crippen molar-refractivity contribution in [3.05, 3.63) is 52.5 Å². The van der Waals surface area contributed by atoms with Crippen LogP contribution < -0.4 is 5.32 Å². The molecule has 126 valence electrons. The molecule has 1 amide bonds. The molecule has 5 nitrogen and oxygen atoms in total. The Labute approximate surface area is 145 Å². The number of nitrogens with zero attached hydrogens (tertiary/aromatic N) is 2. The number of carbonyl (C=O) groups is 1. The fourth-order valence-corrected chi connectivity index (χ4v) is 4.54. The summed E-state index contributed by atoms with van der Waals surface area (Å²) in [5.74, 6) is 0.437. The molecule has 24 heavy (non-hydrogen) atoms. The van der Waals surface area contributed by atoms with Crippen molar-refractivity contribution in [2.45, 2.75) is 6.54 Å². The number of amides is 1. The fourth-order valence-electron chi connectivity index (χ4n) is 3.79. The molecule has 2 aromatic heterocycles. The lowest BCUT2D eigenvalue weighted by Gasteiger charge is -2.27. The van der Waals surface area contributed by atoms with E-state index >= 15 is 0 Å². The summed E-state index contributed by atoms with van der Waals surface area (Å²) in [6, 6.07) is 7.86. The van der Waals surface area contributed by atoms with Gasteiger partial charge >= 0.3 is 0 Å². The van der Waals surface area contributed by atoms with E-state index in [9.17, 15) is 4.79 Å². The quantitative estimate of drug-likeness (QED) is 0.902. The van der Waals surface area contributed by atoms with Crippen LogP contribution in [0.5, 0.6) is 0 Å². The monoisotopic (exact) mass is 343 g/mol. The zero-order valence-corrected chi connectivity index (χ0v) is 14.3. The molecule has 1 N–H and O–H groups in total. The first-order valence-corrected chi connectivity index (χ1v) is 9.14. The number of hydrogen-bond donors (Lipinski definition) is 1. The Hall–Kier alpha value is -1.76. The van der Waals surface area contributed by atoms with Crippen LogP contribution in [0, 0.1) is 11.3 Å². The molecule has 2 saturated heterocycles.